The van der Waals surface area contributed by atoms with E-state index in [0.29, 0.717) is 36.0 Å². The van der Waals surface area contributed by atoms with E-state index in [2.05, 4.69) is 15.5 Å². The normalized spacial score (nSPS) is 10.6. The monoisotopic (exact) mass is 249 g/mol. The highest BCUT2D eigenvalue weighted by atomic mass is 16.5. The topological polar surface area (TPSA) is 88.1 Å². The van der Waals surface area contributed by atoms with Crippen molar-refractivity contribution >= 4 is 5.69 Å². The Kier molecular flexibility index (Phi) is 3.73. The van der Waals surface area contributed by atoms with Crippen LogP contribution < -0.4 is 10.5 Å². The molecule has 0 aliphatic rings. The van der Waals surface area contributed by atoms with Crippen molar-refractivity contribution in [3.05, 3.63) is 18.2 Å². The van der Waals surface area contributed by atoms with E-state index in [1.807, 2.05) is 12.1 Å². The Morgan fingerprint density at radius 3 is 2.89 bits per heavy atom. The minimum Gasteiger partial charge on any atom is -0.496 e. The Labute approximate surface area is 104 Å². The van der Waals surface area contributed by atoms with Crippen molar-refractivity contribution in [2.24, 2.45) is 0 Å². The maximum atomic E-state index is 5.97. The second-order valence-corrected chi connectivity index (χ2v) is 3.64. The Morgan fingerprint density at radius 2 is 2.17 bits per heavy atom. The molecule has 0 saturated heterocycles. The molecule has 2 rings (SSSR count). The van der Waals surface area contributed by atoms with Crippen LogP contribution in [0, 0.1) is 0 Å². The van der Waals surface area contributed by atoms with Gasteiger partial charge in [-0.05, 0) is 22.6 Å². The number of methoxy groups -OCH3 is 2. The van der Waals surface area contributed by atoms with Crippen LogP contribution in [-0.2, 0) is 11.3 Å². The third-order valence-corrected chi connectivity index (χ3v) is 2.54. The Morgan fingerprint density at radius 1 is 1.33 bits per heavy atom. The van der Waals surface area contributed by atoms with Crippen molar-refractivity contribution < 1.29 is 9.47 Å². The summed E-state index contributed by atoms with van der Waals surface area (Å²) in [6.07, 6.45) is 0. The van der Waals surface area contributed by atoms with Gasteiger partial charge in [-0.25, -0.2) is 4.68 Å². The fraction of sp³-hybridized carbons (Fsp3) is 0.364. The van der Waals surface area contributed by atoms with Crippen molar-refractivity contribution in [1.82, 2.24) is 20.2 Å². The van der Waals surface area contributed by atoms with Crippen LogP contribution in [0.2, 0.25) is 0 Å². The van der Waals surface area contributed by atoms with Crippen LogP contribution >= 0.6 is 0 Å². The smallest absolute Gasteiger partial charge is 0.187 e. The molecule has 18 heavy (non-hydrogen) atoms. The number of rotatable bonds is 5. The molecule has 0 spiro atoms. The number of hydrogen-bond donors (Lipinski definition) is 1. The molecule has 96 valence electrons. The van der Waals surface area contributed by atoms with Crippen molar-refractivity contribution in [1.29, 1.82) is 0 Å². The van der Waals surface area contributed by atoms with E-state index in [4.69, 9.17) is 15.2 Å². The average molecular weight is 249 g/mol. The zero-order chi connectivity index (χ0) is 13.0. The molecule has 0 atom stereocenters. The summed E-state index contributed by atoms with van der Waals surface area (Å²) >= 11 is 0. The Balaban J connectivity index is 2.45. The van der Waals surface area contributed by atoms with Gasteiger partial charge in [0.05, 0.1) is 25.8 Å². The lowest BCUT2D eigenvalue weighted by Crippen LogP contribution is -2.09. The summed E-state index contributed by atoms with van der Waals surface area (Å²) in [5.74, 6) is 1.21. The number of hydrogen-bond acceptors (Lipinski definition) is 6. The van der Waals surface area contributed by atoms with Gasteiger partial charge in [-0.3, -0.25) is 0 Å². The molecular weight excluding hydrogens is 234 g/mol. The van der Waals surface area contributed by atoms with E-state index in [-0.39, 0.29) is 0 Å². The first kappa shape index (κ1) is 12.3. The fourth-order valence-corrected chi connectivity index (χ4v) is 1.67. The maximum absolute atomic E-state index is 5.97. The molecule has 1 aromatic carbocycles. The van der Waals surface area contributed by atoms with Crippen LogP contribution in [0.25, 0.3) is 11.4 Å². The van der Waals surface area contributed by atoms with E-state index < -0.39 is 0 Å². The van der Waals surface area contributed by atoms with Gasteiger partial charge in [0, 0.05) is 12.8 Å². The molecule has 7 heteroatoms. The lowest BCUT2D eigenvalue weighted by Gasteiger charge is -2.10. The number of ether oxygens (including phenoxy) is 2. The van der Waals surface area contributed by atoms with Crippen LogP contribution in [0.4, 0.5) is 5.69 Å². The molecule has 7 nitrogen and oxygen atoms in total. The maximum Gasteiger partial charge on any atom is 0.187 e. The van der Waals surface area contributed by atoms with Gasteiger partial charge in [-0.2, -0.15) is 0 Å². The van der Waals surface area contributed by atoms with Crippen molar-refractivity contribution in [3.8, 4) is 17.1 Å². The fourth-order valence-electron chi connectivity index (χ4n) is 1.67. The molecule has 0 bridgehead atoms. The number of nitrogens with two attached hydrogens (primary N) is 1. The molecular formula is C11H15N5O2. The first-order valence-corrected chi connectivity index (χ1v) is 5.46. The SMILES string of the molecule is COCCn1nnnc1-c1c(N)cccc1OC. The first-order chi connectivity index (χ1) is 8.77. The highest BCUT2D eigenvalue weighted by molar-refractivity contribution is 5.77. The summed E-state index contributed by atoms with van der Waals surface area (Å²) in [6.45, 7) is 1.07. The molecule has 2 aromatic rings. The average Bonchev–Trinajstić information content (AvgIpc) is 2.83. The molecule has 0 radical (unpaired) electrons. The van der Waals surface area contributed by atoms with E-state index >= 15 is 0 Å². The second kappa shape index (κ2) is 5.46. The number of anilines is 1. The van der Waals surface area contributed by atoms with E-state index in [1.54, 1.807) is 25.0 Å². The molecule has 0 aliphatic heterocycles. The summed E-state index contributed by atoms with van der Waals surface area (Å²) in [7, 11) is 3.21. The number of benzene rings is 1. The van der Waals surface area contributed by atoms with Gasteiger partial charge in [-0.15, -0.1) is 5.10 Å². The van der Waals surface area contributed by atoms with E-state index in [0.717, 1.165) is 0 Å². The van der Waals surface area contributed by atoms with E-state index in [9.17, 15) is 0 Å². The molecule has 0 unspecified atom stereocenters. The predicted molar refractivity (Wildman–Crippen MR) is 66.1 cm³/mol. The minimum atomic E-state index is 0.521. The highest BCUT2D eigenvalue weighted by Crippen LogP contribution is 2.33. The summed E-state index contributed by atoms with van der Waals surface area (Å²) in [4.78, 5) is 0. The largest absolute Gasteiger partial charge is 0.496 e. The van der Waals surface area contributed by atoms with Crippen molar-refractivity contribution in [3.63, 3.8) is 0 Å². The van der Waals surface area contributed by atoms with E-state index in [1.165, 1.54) is 0 Å². The summed E-state index contributed by atoms with van der Waals surface area (Å²) < 4.78 is 11.9. The van der Waals surface area contributed by atoms with Crippen molar-refractivity contribution in [2.75, 3.05) is 26.6 Å². The molecule has 0 fully saturated rings. The third-order valence-electron chi connectivity index (χ3n) is 2.54. The van der Waals surface area contributed by atoms with Crippen LogP contribution in [-0.4, -0.2) is 41.0 Å². The first-order valence-electron chi connectivity index (χ1n) is 5.46. The van der Waals surface area contributed by atoms with Crippen LogP contribution in [0.5, 0.6) is 5.75 Å². The molecule has 1 aromatic heterocycles. The number of nitrogen functional groups attached to an aromatic ring is 1. The van der Waals surface area contributed by atoms with Crippen LogP contribution in [0.1, 0.15) is 0 Å². The van der Waals surface area contributed by atoms with Gasteiger partial charge in [0.2, 0.25) is 0 Å². The standard InChI is InChI=1S/C11H15N5O2/c1-17-7-6-16-11(13-14-15-16)10-8(12)4-3-5-9(10)18-2/h3-5H,6-7,12H2,1-2H3. The highest BCUT2D eigenvalue weighted by Gasteiger charge is 2.16. The van der Waals surface area contributed by atoms with Gasteiger partial charge in [0.1, 0.15) is 5.75 Å². The minimum absolute atomic E-state index is 0.521. The van der Waals surface area contributed by atoms with Crippen molar-refractivity contribution in [2.45, 2.75) is 6.54 Å². The predicted octanol–water partition coefficient (Wildman–Crippen LogP) is 0.577. The van der Waals surface area contributed by atoms with Gasteiger partial charge in [-0.1, -0.05) is 6.07 Å². The van der Waals surface area contributed by atoms with Crippen LogP contribution in [0.3, 0.4) is 0 Å². The third kappa shape index (κ3) is 2.25. The molecule has 2 N–H and O–H groups in total. The molecule has 0 aliphatic carbocycles. The zero-order valence-corrected chi connectivity index (χ0v) is 10.3. The Bertz CT molecular complexity index is 526. The lowest BCUT2D eigenvalue weighted by atomic mass is 10.1. The number of nitrogens with zero attached hydrogens (tertiary/aromatic N) is 4. The number of aromatic nitrogens is 4. The Hall–Kier alpha value is -2.15. The van der Waals surface area contributed by atoms with Crippen LogP contribution in [0.15, 0.2) is 18.2 Å². The molecule has 0 amide bonds. The molecule has 0 saturated carbocycles. The van der Waals surface area contributed by atoms with Gasteiger partial charge in [0.15, 0.2) is 5.82 Å². The molecule has 1 heterocycles. The summed E-state index contributed by atoms with van der Waals surface area (Å²) in [6, 6.07) is 5.43. The van der Waals surface area contributed by atoms with Gasteiger partial charge >= 0.3 is 0 Å². The van der Waals surface area contributed by atoms with Gasteiger partial charge < -0.3 is 15.2 Å². The number of tetrazole rings is 1. The summed E-state index contributed by atoms with van der Waals surface area (Å²) in [5.41, 5.74) is 7.23. The summed E-state index contributed by atoms with van der Waals surface area (Å²) in [5, 5.41) is 11.6. The van der Waals surface area contributed by atoms with Gasteiger partial charge in [0.25, 0.3) is 0 Å². The lowest BCUT2D eigenvalue weighted by molar-refractivity contribution is 0.183. The zero-order valence-electron chi connectivity index (χ0n) is 10.3. The second-order valence-electron chi connectivity index (χ2n) is 3.64. The quantitative estimate of drug-likeness (QED) is 0.780.